The van der Waals surface area contributed by atoms with Gasteiger partial charge in [0, 0.05) is 18.2 Å². The van der Waals surface area contributed by atoms with Crippen molar-refractivity contribution in [3.05, 3.63) is 47.5 Å². The Morgan fingerprint density at radius 1 is 1.12 bits per heavy atom. The maximum atomic E-state index is 12.5. The Morgan fingerprint density at radius 3 is 2.42 bits per heavy atom. The van der Waals surface area contributed by atoms with Crippen molar-refractivity contribution < 1.29 is 19.1 Å². The van der Waals surface area contributed by atoms with Gasteiger partial charge in [0.1, 0.15) is 6.61 Å². The SMILES string of the molecule is CCOC(=O)C=C1C[C@H]2CC[C@@H](C1)N2C(=O)OCc1ccccc1. The van der Waals surface area contributed by atoms with Gasteiger partial charge in [0.25, 0.3) is 0 Å². The standard InChI is InChI=1S/C19H23NO4/c1-2-23-18(21)12-15-10-16-8-9-17(11-15)20(16)19(22)24-13-14-6-4-3-5-7-14/h3-7,12,16-17H,2,8-11,13H2,1H3/t16-,17+. The number of hydrogen-bond donors (Lipinski definition) is 0. The number of nitrogens with zero attached hydrogens (tertiary/aromatic N) is 1. The zero-order valence-corrected chi connectivity index (χ0v) is 13.9. The third kappa shape index (κ3) is 3.78. The van der Waals surface area contributed by atoms with Crippen LogP contribution in [0.4, 0.5) is 4.79 Å². The fraction of sp³-hybridized carbons (Fsp3) is 0.474. The molecule has 2 aliphatic rings. The molecule has 5 nitrogen and oxygen atoms in total. The molecule has 1 aromatic carbocycles. The molecule has 2 atom stereocenters. The molecule has 2 aliphatic heterocycles. The van der Waals surface area contributed by atoms with Crippen LogP contribution in [0.3, 0.4) is 0 Å². The Kier molecular flexibility index (Phi) is 5.18. The van der Waals surface area contributed by atoms with Crippen LogP contribution in [-0.2, 0) is 20.9 Å². The first-order valence-corrected chi connectivity index (χ1v) is 8.52. The summed E-state index contributed by atoms with van der Waals surface area (Å²) >= 11 is 0. The van der Waals surface area contributed by atoms with Crippen LogP contribution < -0.4 is 0 Å². The minimum absolute atomic E-state index is 0.132. The maximum absolute atomic E-state index is 12.5. The lowest BCUT2D eigenvalue weighted by Crippen LogP contribution is -2.45. The largest absolute Gasteiger partial charge is 0.463 e. The normalized spacial score (nSPS) is 24.0. The number of rotatable bonds is 4. The van der Waals surface area contributed by atoms with Gasteiger partial charge in [-0.3, -0.25) is 0 Å². The average molecular weight is 329 g/mol. The van der Waals surface area contributed by atoms with E-state index in [2.05, 4.69) is 0 Å². The van der Waals surface area contributed by atoms with Crippen molar-refractivity contribution in [2.24, 2.45) is 0 Å². The van der Waals surface area contributed by atoms with Gasteiger partial charge in [-0.2, -0.15) is 0 Å². The molecule has 3 rings (SSSR count). The molecule has 0 radical (unpaired) electrons. The third-order valence-corrected chi connectivity index (χ3v) is 4.64. The Balaban J connectivity index is 1.58. The van der Waals surface area contributed by atoms with E-state index in [1.807, 2.05) is 35.2 Å². The smallest absolute Gasteiger partial charge is 0.410 e. The number of hydrogen-bond acceptors (Lipinski definition) is 4. The van der Waals surface area contributed by atoms with E-state index in [1.54, 1.807) is 13.0 Å². The minimum Gasteiger partial charge on any atom is -0.463 e. The lowest BCUT2D eigenvalue weighted by Gasteiger charge is -2.35. The summed E-state index contributed by atoms with van der Waals surface area (Å²) in [6, 6.07) is 9.95. The molecule has 128 valence electrons. The van der Waals surface area contributed by atoms with Crippen molar-refractivity contribution in [3.8, 4) is 0 Å². The van der Waals surface area contributed by atoms with Crippen molar-refractivity contribution in [3.63, 3.8) is 0 Å². The van der Waals surface area contributed by atoms with Crippen LogP contribution in [0.2, 0.25) is 0 Å². The van der Waals surface area contributed by atoms with E-state index >= 15 is 0 Å². The monoisotopic (exact) mass is 329 g/mol. The lowest BCUT2D eigenvalue weighted by atomic mass is 9.97. The van der Waals surface area contributed by atoms with E-state index in [4.69, 9.17) is 9.47 Å². The van der Waals surface area contributed by atoms with Gasteiger partial charge in [0.2, 0.25) is 0 Å². The summed E-state index contributed by atoms with van der Waals surface area (Å²) in [5.41, 5.74) is 2.06. The van der Waals surface area contributed by atoms with E-state index in [1.165, 1.54) is 0 Å². The highest BCUT2D eigenvalue weighted by Crippen LogP contribution is 2.38. The highest BCUT2D eigenvalue weighted by Gasteiger charge is 2.42. The number of carbonyl (C=O) groups is 2. The number of fused-ring (bicyclic) bond motifs is 2. The molecule has 2 saturated heterocycles. The Labute approximate surface area is 142 Å². The van der Waals surface area contributed by atoms with Gasteiger partial charge >= 0.3 is 12.1 Å². The van der Waals surface area contributed by atoms with Gasteiger partial charge in [-0.05, 0) is 38.2 Å². The summed E-state index contributed by atoms with van der Waals surface area (Å²) in [5.74, 6) is -0.285. The van der Waals surface area contributed by atoms with Crippen LogP contribution >= 0.6 is 0 Å². The number of esters is 1. The van der Waals surface area contributed by atoms with Gasteiger partial charge in [-0.1, -0.05) is 35.9 Å². The first-order valence-electron chi connectivity index (χ1n) is 8.52. The quantitative estimate of drug-likeness (QED) is 0.627. The molecule has 5 heteroatoms. The van der Waals surface area contributed by atoms with Crippen molar-refractivity contribution in [1.82, 2.24) is 4.90 Å². The van der Waals surface area contributed by atoms with E-state index in [0.29, 0.717) is 13.2 Å². The molecular formula is C19H23NO4. The zero-order valence-electron chi connectivity index (χ0n) is 13.9. The molecule has 0 aliphatic carbocycles. The first kappa shape index (κ1) is 16.6. The van der Waals surface area contributed by atoms with E-state index in [9.17, 15) is 9.59 Å². The van der Waals surface area contributed by atoms with Crippen LogP contribution in [0.25, 0.3) is 0 Å². The second-order valence-corrected chi connectivity index (χ2v) is 6.30. The molecule has 0 saturated carbocycles. The molecule has 0 aromatic heterocycles. The first-order chi connectivity index (χ1) is 11.7. The highest BCUT2D eigenvalue weighted by atomic mass is 16.6. The third-order valence-electron chi connectivity index (χ3n) is 4.64. The van der Waals surface area contributed by atoms with Crippen LogP contribution in [0.15, 0.2) is 42.0 Å². The number of ether oxygens (including phenoxy) is 2. The molecule has 0 spiro atoms. The summed E-state index contributed by atoms with van der Waals surface area (Å²) < 4.78 is 10.5. The van der Waals surface area contributed by atoms with Crippen LogP contribution in [0, 0.1) is 0 Å². The predicted octanol–water partition coefficient (Wildman–Crippen LogP) is 3.44. The van der Waals surface area contributed by atoms with Gasteiger partial charge in [-0.15, -0.1) is 0 Å². The van der Waals surface area contributed by atoms with E-state index in [0.717, 1.165) is 36.8 Å². The van der Waals surface area contributed by atoms with Crippen LogP contribution in [0.5, 0.6) is 0 Å². The Hall–Kier alpha value is -2.30. The van der Waals surface area contributed by atoms with Gasteiger partial charge in [-0.25, -0.2) is 9.59 Å². The fourth-order valence-electron chi connectivity index (χ4n) is 3.61. The lowest BCUT2D eigenvalue weighted by molar-refractivity contribution is -0.137. The molecule has 2 heterocycles. The Bertz CT molecular complexity index is 610. The molecule has 1 aromatic rings. The van der Waals surface area contributed by atoms with Crippen molar-refractivity contribution in [2.45, 2.75) is 51.3 Å². The second-order valence-electron chi connectivity index (χ2n) is 6.30. The van der Waals surface area contributed by atoms with Gasteiger partial charge < -0.3 is 14.4 Å². The predicted molar refractivity (Wildman–Crippen MR) is 89.2 cm³/mol. The minimum atomic E-state index is -0.285. The number of piperidine rings is 1. The van der Waals surface area contributed by atoms with Crippen molar-refractivity contribution in [1.29, 1.82) is 0 Å². The zero-order chi connectivity index (χ0) is 16.9. The summed E-state index contributed by atoms with van der Waals surface area (Å²) in [7, 11) is 0. The summed E-state index contributed by atoms with van der Waals surface area (Å²) in [6.45, 7) is 2.47. The molecule has 2 bridgehead atoms. The molecular weight excluding hydrogens is 306 g/mol. The number of benzene rings is 1. The summed E-state index contributed by atoms with van der Waals surface area (Å²) in [5, 5.41) is 0. The molecule has 24 heavy (non-hydrogen) atoms. The van der Waals surface area contributed by atoms with Crippen LogP contribution in [-0.4, -0.2) is 35.7 Å². The molecule has 0 unspecified atom stereocenters. The van der Waals surface area contributed by atoms with Gasteiger partial charge in [0.15, 0.2) is 0 Å². The van der Waals surface area contributed by atoms with E-state index < -0.39 is 0 Å². The molecule has 0 N–H and O–H groups in total. The number of amides is 1. The number of carbonyl (C=O) groups excluding carboxylic acids is 2. The molecule has 1 amide bonds. The topological polar surface area (TPSA) is 55.8 Å². The Morgan fingerprint density at radius 2 is 1.79 bits per heavy atom. The second kappa shape index (κ2) is 7.51. The maximum Gasteiger partial charge on any atom is 0.410 e. The summed E-state index contributed by atoms with van der Waals surface area (Å²) in [4.78, 5) is 25.9. The van der Waals surface area contributed by atoms with Crippen LogP contribution in [0.1, 0.15) is 38.2 Å². The van der Waals surface area contributed by atoms with Gasteiger partial charge in [0.05, 0.1) is 6.61 Å². The summed E-state index contributed by atoms with van der Waals surface area (Å²) in [6.07, 6.45) is 4.74. The fourth-order valence-corrected chi connectivity index (χ4v) is 3.61. The average Bonchev–Trinajstić information content (AvgIpc) is 2.85. The van der Waals surface area contributed by atoms with Crippen molar-refractivity contribution in [2.75, 3.05) is 6.61 Å². The van der Waals surface area contributed by atoms with Crippen molar-refractivity contribution >= 4 is 12.1 Å². The highest BCUT2D eigenvalue weighted by molar-refractivity contribution is 5.83. The molecule has 2 fully saturated rings. The van der Waals surface area contributed by atoms with E-state index in [-0.39, 0.29) is 24.1 Å².